The fourth-order valence-electron chi connectivity index (χ4n) is 1.10. The molecule has 0 spiro atoms. The van der Waals surface area contributed by atoms with Crippen LogP contribution < -0.4 is 10.6 Å². The van der Waals surface area contributed by atoms with Crippen LogP contribution in [-0.4, -0.2) is 48.6 Å². The van der Waals surface area contributed by atoms with Crippen LogP contribution in [0, 0.1) is 0 Å². The highest BCUT2D eigenvalue weighted by atomic mass is 127. The quantitative estimate of drug-likeness (QED) is 0.282. The Morgan fingerprint density at radius 2 is 1.89 bits per heavy atom. The van der Waals surface area contributed by atoms with E-state index in [0.717, 1.165) is 25.6 Å². The van der Waals surface area contributed by atoms with Crippen molar-refractivity contribution in [2.75, 3.05) is 37.9 Å². The Kier molecular flexibility index (Phi) is 14.8. The molecule has 0 saturated carbocycles. The Morgan fingerprint density at radius 1 is 1.22 bits per heavy atom. The second-order valence-electron chi connectivity index (χ2n) is 4.43. The Bertz CT molecular complexity index is 223. The first-order valence-corrected chi connectivity index (χ1v) is 8.74. The SMILES string of the molecule is CCNC(=NCC(C)(C)SC)NCCCSC.I. The molecule has 0 atom stereocenters. The van der Waals surface area contributed by atoms with E-state index in [1.165, 1.54) is 12.2 Å². The topological polar surface area (TPSA) is 36.4 Å². The van der Waals surface area contributed by atoms with Crippen molar-refractivity contribution in [3.8, 4) is 0 Å². The number of hydrogen-bond donors (Lipinski definition) is 2. The minimum absolute atomic E-state index is 0. The third-order valence-electron chi connectivity index (χ3n) is 2.33. The largest absolute Gasteiger partial charge is 0.357 e. The molecule has 0 amide bonds. The average molecular weight is 405 g/mol. The van der Waals surface area contributed by atoms with Gasteiger partial charge in [-0.1, -0.05) is 0 Å². The van der Waals surface area contributed by atoms with Crippen LogP contribution in [0.3, 0.4) is 0 Å². The van der Waals surface area contributed by atoms with Crippen LogP contribution in [0.5, 0.6) is 0 Å². The predicted molar refractivity (Wildman–Crippen MR) is 100.0 cm³/mol. The second-order valence-corrected chi connectivity index (χ2v) is 6.93. The third-order valence-corrected chi connectivity index (χ3v) is 4.26. The zero-order valence-electron chi connectivity index (χ0n) is 12.2. The molecule has 0 unspecified atom stereocenters. The van der Waals surface area contributed by atoms with Gasteiger partial charge in [0.2, 0.25) is 0 Å². The monoisotopic (exact) mass is 405 g/mol. The summed E-state index contributed by atoms with van der Waals surface area (Å²) in [6.07, 6.45) is 5.45. The third kappa shape index (κ3) is 11.8. The lowest BCUT2D eigenvalue weighted by Crippen LogP contribution is -2.39. The molecule has 0 fully saturated rings. The number of halogens is 1. The van der Waals surface area contributed by atoms with E-state index in [1.807, 2.05) is 23.5 Å². The van der Waals surface area contributed by atoms with Crippen molar-refractivity contribution in [2.24, 2.45) is 4.99 Å². The van der Waals surface area contributed by atoms with Crippen LogP contribution in [0.2, 0.25) is 0 Å². The van der Waals surface area contributed by atoms with Gasteiger partial charge in [0.05, 0.1) is 6.54 Å². The van der Waals surface area contributed by atoms with Gasteiger partial charge in [-0.15, -0.1) is 24.0 Å². The van der Waals surface area contributed by atoms with Crippen LogP contribution in [-0.2, 0) is 0 Å². The minimum Gasteiger partial charge on any atom is -0.357 e. The van der Waals surface area contributed by atoms with Crippen molar-refractivity contribution in [2.45, 2.75) is 31.9 Å². The Balaban J connectivity index is 0. The highest BCUT2D eigenvalue weighted by Crippen LogP contribution is 2.20. The molecule has 0 radical (unpaired) electrons. The first kappa shape index (κ1) is 21.0. The van der Waals surface area contributed by atoms with E-state index in [4.69, 9.17) is 0 Å². The summed E-state index contributed by atoms with van der Waals surface area (Å²) in [5, 5.41) is 6.65. The molecule has 0 aromatic rings. The lowest BCUT2D eigenvalue weighted by molar-refractivity contribution is 0.709. The molecule has 110 valence electrons. The summed E-state index contributed by atoms with van der Waals surface area (Å²) in [6, 6.07) is 0. The van der Waals surface area contributed by atoms with Crippen molar-refractivity contribution in [3.05, 3.63) is 0 Å². The molecule has 0 heterocycles. The summed E-state index contributed by atoms with van der Waals surface area (Å²) >= 11 is 3.74. The van der Waals surface area contributed by atoms with Gasteiger partial charge < -0.3 is 10.6 Å². The lowest BCUT2D eigenvalue weighted by atomic mass is 10.2. The fourth-order valence-corrected chi connectivity index (χ4v) is 1.73. The molecule has 0 aliphatic carbocycles. The van der Waals surface area contributed by atoms with Gasteiger partial charge in [-0.05, 0) is 45.5 Å². The number of guanidine groups is 1. The number of hydrogen-bond acceptors (Lipinski definition) is 3. The molecular formula is C12H28IN3S2. The van der Waals surface area contributed by atoms with Crippen molar-refractivity contribution in [1.82, 2.24) is 10.6 Å². The highest BCUT2D eigenvalue weighted by Gasteiger charge is 2.15. The summed E-state index contributed by atoms with van der Waals surface area (Å²) in [4.78, 5) is 4.62. The van der Waals surface area contributed by atoms with E-state index in [-0.39, 0.29) is 28.7 Å². The van der Waals surface area contributed by atoms with E-state index in [2.05, 4.69) is 48.9 Å². The molecule has 18 heavy (non-hydrogen) atoms. The van der Waals surface area contributed by atoms with Gasteiger partial charge in [0.15, 0.2) is 5.96 Å². The van der Waals surface area contributed by atoms with Crippen LogP contribution in [0.1, 0.15) is 27.2 Å². The molecule has 3 nitrogen and oxygen atoms in total. The number of nitrogens with one attached hydrogen (secondary N) is 2. The molecule has 0 rings (SSSR count). The van der Waals surface area contributed by atoms with Gasteiger partial charge in [0.1, 0.15) is 0 Å². The summed E-state index contributed by atoms with van der Waals surface area (Å²) in [5.41, 5.74) is 0. The minimum atomic E-state index is 0. The maximum absolute atomic E-state index is 4.62. The zero-order valence-corrected chi connectivity index (χ0v) is 16.2. The molecule has 0 aromatic carbocycles. The van der Waals surface area contributed by atoms with Gasteiger partial charge in [-0.3, -0.25) is 4.99 Å². The number of nitrogens with zero attached hydrogens (tertiary/aromatic N) is 1. The van der Waals surface area contributed by atoms with E-state index >= 15 is 0 Å². The van der Waals surface area contributed by atoms with Gasteiger partial charge in [0.25, 0.3) is 0 Å². The van der Waals surface area contributed by atoms with E-state index in [9.17, 15) is 0 Å². The van der Waals surface area contributed by atoms with Crippen LogP contribution in [0.15, 0.2) is 4.99 Å². The van der Waals surface area contributed by atoms with Crippen molar-refractivity contribution < 1.29 is 0 Å². The van der Waals surface area contributed by atoms with Gasteiger partial charge in [-0.25, -0.2) is 0 Å². The molecular weight excluding hydrogens is 377 g/mol. The first-order chi connectivity index (χ1) is 8.05. The summed E-state index contributed by atoms with van der Waals surface area (Å²) < 4.78 is 0.210. The normalized spacial score (nSPS) is 11.9. The summed E-state index contributed by atoms with van der Waals surface area (Å²) in [7, 11) is 0. The van der Waals surface area contributed by atoms with Gasteiger partial charge >= 0.3 is 0 Å². The van der Waals surface area contributed by atoms with E-state index < -0.39 is 0 Å². The fraction of sp³-hybridized carbons (Fsp3) is 0.917. The molecule has 0 aromatic heterocycles. The summed E-state index contributed by atoms with van der Waals surface area (Å²) in [5.74, 6) is 2.14. The van der Waals surface area contributed by atoms with Gasteiger partial charge in [-0.2, -0.15) is 23.5 Å². The smallest absolute Gasteiger partial charge is 0.191 e. The molecule has 0 saturated heterocycles. The molecule has 0 bridgehead atoms. The second kappa shape index (κ2) is 12.7. The average Bonchev–Trinajstić information content (AvgIpc) is 2.31. The van der Waals surface area contributed by atoms with Crippen LogP contribution in [0.25, 0.3) is 0 Å². The van der Waals surface area contributed by atoms with Crippen LogP contribution >= 0.6 is 47.5 Å². The van der Waals surface area contributed by atoms with E-state index in [0.29, 0.717) is 0 Å². The number of thioether (sulfide) groups is 2. The standard InChI is InChI=1S/C12H27N3S2.HI/c1-6-13-11(14-8-7-9-16-4)15-10-12(2,3)17-5;/h6-10H2,1-5H3,(H2,13,14,15);1H. The first-order valence-electron chi connectivity index (χ1n) is 6.12. The molecule has 0 aliphatic rings. The summed E-state index contributed by atoms with van der Waals surface area (Å²) in [6.45, 7) is 9.28. The molecule has 0 aliphatic heterocycles. The highest BCUT2D eigenvalue weighted by molar-refractivity contribution is 14.0. The maximum atomic E-state index is 4.62. The van der Waals surface area contributed by atoms with Crippen molar-refractivity contribution >= 4 is 53.5 Å². The Hall–Kier alpha value is 0.700. The number of rotatable bonds is 8. The Morgan fingerprint density at radius 3 is 2.39 bits per heavy atom. The van der Waals surface area contributed by atoms with Crippen molar-refractivity contribution in [3.63, 3.8) is 0 Å². The maximum Gasteiger partial charge on any atom is 0.191 e. The van der Waals surface area contributed by atoms with Gasteiger partial charge in [0, 0.05) is 17.8 Å². The Labute approximate surface area is 138 Å². The zero-order chi connectivity index (χ0) is 13.1. The van der Waals surface area contributed by atoms with E-state index in [1.54, 1.807) is 0 Å². The van der Waals surface area contributed by atoms with Crippen LogP contribution in [0.4, 0.5) is 0 Å². The molecule has 6 heteroatoms. The predicted octanol–water partition coefficient (Wildman–Crippen LogP) is 3.05. The number of aliphatic imine (C=N–C) groups is 1. The lowest BCUT2D eigenvalue weighted by Gasteiger charge is -2.20. The molecule has 2 N–H and O–H groups in total. The van der Waals surface area contributed by atoms with Crippen molar-refractivity contribution in [1.29, 1.82) is 0 Å².